The van der Waals surface area contributed by atoms with Crippen molar-refractivity contribution in [3.8, 4) is 56.2 Å². The van der Waals surface area contributed by atoms with Crippen LogP contribution in [0.3, 0.4) is 0 Å². The van der Waals surface area contributed by atoms with Gasteiger partial charge in [0.1, 0.15) is 0 Å². The molecule has 0 saturated heterocycles. The third-order valence-corrected chi connectivity index (χ3v) is 9.63. The molecule has 2 heteroatoms. The van der Waals surface area contributed by atoms with E-state index in [0.717, 1.165) is 33.9 Å². The summed E-state index contributed by atoms with van der Waals surface area (Å²) >= 11 is 0. The Balaban J connectivity index is 1.08. The highest BCUT2D eigenvalue weighted by Crippen LogP contribution is 2.36. The first kappa shape index (κ1) is 30.2. The lowest BCUT2D eigenvalue weighted by Crippen LogP contribution is -2.18. The molecule has 1 aromatic heterocycles. The molecule has 0 amide bonds. The average molecular weight is 629 g/mol. The van der Waals surface area contributed by atoms with Gasteiger partial charge < -0.3 is 0 Å². The van der Waals surface area contributed by atoms with Crippen molar-refractivity contribution in [2.75, 3.05) is 0 Å². The van der Waals surface area contributed by atoms with Gasteiger partial charge in [-0.3, -0.25) is 0 Å². The zero-order valence-electron chi connectivity index (χ0n) is 27.7. The largest absolute Gasteiger partial charge is 0.228 e. The lowest BCUT2D eigenvalue weighted by molar-refractivity contribution is 0.641. The number of hydrogen-bond acceptors (Lipinski definition) is 2. The van der Waals surface area contributed by atoms with E-state index < -0.39 is 0 Å². The molecule has 7 aromatic carbocycles. The van der Waals surface area contributed by atoms with Crippen molar-refractivity contribution in [3.63, 3.8) is 0 Å². The van der Waals surface area contributed by atoms with Gasteiger partial charge in [0, 0.05) is 22.1 Å². The van der Waals surface area contributed by atoms with Gasteiger partial charge in [-0.15, -0.1) is 0 Å². The highest BCUT2D eigenvalue weighted by atomic mass is 14.9. The summed E-state index contributed by atoms with van der Waals surface area (Å²) in [5.41, 5.74) is 12.2. The second-order valence-corrected chi connectivity index (χ2v) is 13.1. The van der Waals surface area contributed by atoms with Crippen LogP contribution in [-0.4, -0.2) is 9.97 Å². The van der Waals surface area contributed by atoms with Crippen LogP contribution in [0.2, 0.25) is 0 Å². The molecule has 0 spiro atoms. The summed E-state index contributed by atoms with van der Waals surface area (Å²) in [6.45, 7) is 4.58. The molecule has 0 radical (unpaired) electrons. The van der Waals surface area contributed by atoms with Crippen LogP contribution in [0.1, 0.15) is 25.0 Å². The van der Waals surface area contributed by atoms with Crippen molar-refractivity contribution in [2.24, 2.45) is 0 Å². The van der Waals surface area contributed by atoms with Crippen LogP contribution in [-0.2, 0) is 5.41 Å². The van der Waals surface area contributed by atoms with E-state index in [1.807, 2.05) is 36.4 Å². The van der Waals surface area contributed by atoms with Crippen molar-refractivity contribution in [1.82, 2.24) is 9.97 Å². The lowest BCUT2D eigenvalue weighted by atomic mass is 9.77. The van der Waals surface area contributed by atoms with Crippen LogP contribution in [0.5, 0.6) is 0 Å². The van der Waals surface area contributed by atoms with Gasteiger partial charge in [-0.1, -0.05) is 184 Å². The standard InChI is InChI=1S/C47H36N2/c1-47(2,40-27-23-33(24-28-40)38-19-11-20-39(31-38)43-22-12-18-34-13-9-10-21-42(34)43)41-29-25-37(26-30-41)46-48-44(35-14-5-3-6-15-35)32-45(49-46)36-16-7-4-8-17-36/h3-32H,1-2H3. The Hall–Kier alpha value is -6.12. The van der Waals surface area contributed by atoms with Gasteiger partial charge in [0.05, 0.1) is 11.4 Å². The summed E-state index contributed by atoms with van der Waals surface area (Å²) in [5.74, 6) is 0.722. The maximum absolute atomic E-state index is 5.02. The van der Waals surface area contributed by atoms with Gasteiger partial charge >= 0.3 is 0 Å². The second-order valence-electron chi connectivity index (χ2n) is 13.1. The van der Waals surface area contributed by atoms with Crippen molar-refractivity contribution in [1.29, 1.82) is 0 Å². The van der Waals surface area contributed by atoms with Gasteiger partial charge in [-0.05, 0) is 56.3 Å². The number of hydrogen-bond donors (Lipinski definition) is 0. The summed E-state index contributed by atoms with van der Waals surface area (Å²) in [7, 11) is 0. The maximum Gasteiger partial charge on any atom is 0.160 e. The summed E-state index contributed by atoms with van der Waals surface area (Å²) < 4.78 is 0. The molecule has 0 unspecified atom stereocenters. The smallest absolute Gasteiger partial charge is 0.160 e. The van der Waals surface area contributed by atoms with E-state index in [1.54, 1.807) is 0 Å². The molecule has 0 aliphatic carbocycles. The number of benzene rings is 7. The zero-order valence-corrected chi connectivity index (χ0v) is 27.7. The second kappa shape index (κ2) is 12.8. The number of aromatic nitrogens is 2. The fourth-order valence-electron chi connectivity index (χ4n) is 6.72. The minimum absolute atomic E-state index is 0.191. The van der Waals surface area contributed by atoms with Crippen LogP contribution in [0.4, 0.5) is 0 Å². The molecular weight excluding hydrogens is 593 g/mol. The SMILES string of the molecule is CC(C)(c1ccc(-c2cccc(-c3cccc4ccccc34)c2)cc1)c1ccc(-c2nc(-c3ccccc3)cc(-c3ccccc3)n2)cc1. The Kier molecular flexibility index (Phi) is 7.91. The van der Waals surface area contributed by atoms with Crippen LogP contribution in [0.15, 0.2) is 182 Å². The highest BCUT2D eigenvalue weighted by molar-refractivity contribution is 5.97. The summed E-state index contributed by atoms with van der Waals surface area (Å²) in [5, 5.41) is 2.53. The summed E-state index contributed by atoms with van der Waals surface area (Å²) in [4.78, 5) is 10.0. The Morgan fingerprint density at radius 3 is 1.49 bits per heavy atom. The summed E-state index contributed by atoms with van der Waals surface area (Å²) in [6, 6.07) is 64.5. The molecular formula is C47H36N2. The molecule has 0 fully saturated rings. The molecule has 0 saturated carbocycles. The molecule has 0 aliphatic heterocycles. The molecule has 234 valence electrons. The van der Waals surface area contributed by atoms with Crippen molar-refractivity contribution >= 4 is 10.8 Å². The molecule has 8 aromatic rings. The van der Waals surface area contributed by atoms with Gasteiger partial charge in [-0.2, -0.15) is 0 Å². The van der Waals surface area contributed by atoms with E-state index >= 15 is 0 Å². The van der Waals surface area contributed by atoms with Gasteiger partial charge in [0.15, 0.2) is 5.82 Å². The Morgan fingerprint density at radius 1 is 0.367 bits per heavy atom. The molecule has 0 N–H and O–H groups in total. The third-order valence-electron chi connectivity index (χ3n) is 9.63. The highest BCUT2D eigenvalue weighted by Gasteiger charge is 2.23. The molecule has 0 atom stereocenters. The first-order valence-corrected chi connectivity index (χ1v) is 16.8. The minimum Gasteiger partial charge on any atom is -0.228 e. The third kappa shape index (κ3) is 6.06. The van der Waals surface area contributed by atoms with Gasteiger partial charge in [-0.25, -0.2) is 9.97 Å². The number of rotatable bonds is 7. The van der Waals surface area contributed by atoms with E-state index in [2.05, 4.69) is 159 Å². The van der Waals surface area contributed by atoms with Gasteiger partial charge in [0.25, 0.3) is 0 Å². The normalized spacial score (nSPS) is 11.5. The van der Waals surface area contributed by atoms with E-state index in [-0.39, 0.29) is 5.41 Å². The fourth-order valence-corrected chi connectivity index (χ4v) is 6.72. The molecule has 0 bridgehead atoms. The number of fused-ring (bicyclic) bond motifs is 1. The predicted molar refractivity (Wildman–Crippen MR) is 205 cm³/mol. The monoisotopic (exact) mass is 628 g/mol. The van der Waals surface area contributed by atoms with Crippen LogP contribution in [0, 0.1) is 0 Å². The van der Waals surface area contributed by atoms with Crippen molar-refractivity contribution in [3.05, 3.63) is 193 Å². The van der Waals surface area contributed by atoms with Crippen LogP contribution < -0.4 is 0 Å². The van der Waals surface area contributed by atoms with Gasteiger partial charge in [0.2, 0.25) is 0 Å². The molecule has 49 heavy (non-hydrogen) atoms. The Bertz CT molecular complexity index is 2310. The summed E-state index contributed by atoms with van der Waals surface area (Å²) in [6.07, 6.45) is 0. The molecule has 1 heterocycles. The molecule has 2 nitrogen and oxygen atoms in total. The molecule has 8 rings (SSSR count). The fraction of sp³-hybridized carbons (Fsp3) is 0.0638. The lowest BCUT2D eigenvalue weighted by Gasteiger charge is -2.26. The maximum atomic E-state index is 5.02. The van der Waals surface area contributed by atoms with E-state index in [4.69, 9.17) is 9.97 Å². The van der Waals surface area contributed by atoms with E-state index in [0.29, 0.717) is 0 Å². The average Bonchev–Trinajstić information content (AvgIpc) is 3.18. The molecule has 0 aliphatic rings. The quantitative estimate of drug-likeness (QED) is 0.175. The van der Waals surface area contributed by atoms with Crippen LogP contribution in [0.25, 0.3) is 66.9 Å². The zero-order chi connectivity index (χ0) is 33.2. The van der Waals surface area contributed by atoms with E-state index in [1.165, 1.54) is 44.2 Å². The predicted octanol–water partition coefficient (Wildman–Crippen LogP) is 12.3. The number of nitrogens with zero attached hydrogens (tertiary/aromatic N) is 2. The Morgan fingerprint density at radius 2 is 0.857 bits per heavy atom. The van der Waals surface area contributed by atoms with E-state index in [9.17, 15) is 0 Å². The first-order valence-electron chi connectivity index (χ1n) is 16.8. The minimum atomic E-state index is -0.191. The van der Waals surface area contributed by atoms with Crippen molar-refractivity contribution < 1.29 is 0 Å². The topological polar surface area (TPSA) is 25.8 Å². The van der Waals surface area contributed by atoms with Crippen molar-refractivity contribution in [2.45, 2.75) is 19.3 Å². The first-order chi connectivity index (χ1) is 24.0. The van der Waals surface area contributed by atoms with Crippen LogP contribution >= 0.6 is 0 Å². The Labute approximate surface area is 288 Å².